The van der Waals surface area contributed by atoms with E-state index in [4.69, 9.17) is 32.3 Å². The highest BCUT2D eigenvalue weighted by Gasteiger charge is 2.29. The second-order valence-corrected chi connectivity index (χ2v) is 30.4. The minimum atomic E-state index is -4.96. The van der Waals surface area contributed by atoms with Gasteiger partial charge < -0.3 is 34.2 Å². The van der Waals surface area contributed by atoms with Gasteiger partial charge in [-0.05, 0) is 167 Å². The smallest absolute Gasteiger partial charge is 0.463 e. The van der Waals surface area contributed by atoms with Gasteiger partial charge in [0.2, 0.25) is 0 Å². The second kappa shape index (κ2) is 83.6. The summed E-state index contributed by atoms with van der Waals surface area (Å²) in [5.41, 5.74) is 0. The molecule has 0 aromatic carbocycles. The number of ether oxygens (including phenoxy) is 3. The van der Waals surface area contributed by atoms with Crippen molar-refractivity contribution in [3.63, 3.8) is 0 Å². The molecule has 0 bridgehead atoms. The van der Waals surface area contributed by atoms with Crippen LogP contribution in [0.5, 0.6) is 0 Å². The molecule has 0 rings (SSSR count). The largest absolute Gasteiger partial charge is 0.472 e. The fourth-order valence-corrected chi connectivity index (χ4v) is 12.2. The molecule has 5 unspecified atom stereocenters. The van der Waals surface area contributed by atoms with Crippen molar-refractivity contribution in [2.45, 2.75) is 322 Å². The molecule has 0 amide bonds. The first-order valence-electron chi connectivity index (χ1n) is 42.4. The van der Waals surface area contributed by atoms with E-state index in [0.29, 0.717) is 19.3 Å². The third kappa shape index (κ3) is 84.9. The number of hydrogen-bond acceptors (Lipinski definition) is 14. The number of rotatable bonds is 78. The Morgan fingerprint density at radius 1 is 0.252 bits per heavy atom. The quantitative estimate of drug-likeness (QED) is 0.0146. The molecule has 0 aliphatic rings. The minimum Gasteiger partial charge on any atom is -0.463 e. The number of aliphatic hydroxyl groups excluding tert-OH is 2. The number of hydrogen-bond donors (Lipinski definition) is 4. The fraction of sp³-hybridized carbons (Fsp3) is 0.602. The van der Waals surface area contributed by atoms with Gasteiger partial charge in [0, 0.05) is 19.3 Å². The zero-order valence-corrected chi connectivity index (χ0v) is 70.6. The van der Waals surface area contributed by atoms with E-state index in [0.717, 1.165) is 186 Å². The monoisotopic (exact) mass is 1590 g/mol. The van der Waals surface area contributed by atoms with Gasteiger partial charge in [-0.3, -0.25) is 32.5 Å². The normalized spacial score (nSPS) is 14.9. The average molecular weight is 1590 g/mol. The van der Waals surface area contributed by atoms with Crippen molar-refractivity contribution in [1.82, 2.24) is 0 Å². The van der Waals surface area contributed by atoms with Crippen molar-refractivity contribution in [2.24, 2.45) is 0 Å². The number of esters is 3. The van der Waals surface area contributed by atoms with Crippen LogP contribution in [0.4, 0.5) is 0 Å². The van der Waals surface area contributed by atoms with Crippen LogP contribution in [0.25, 0.3) is 0 Å². The molecule has 111 heavy (non-hydrogen) atoms. The Morgan fingerprint density at radius 3 is 0.712 bits per heavy atom. The third-order valence-corrected chi connectivity index (χ3v) is 18.9. The predicted octanol–water partition coefficient (Wildman–Crippen LogP) is 25.7. The summed E-state index contributed by atoms with van der Waals surface area (Å²) in [7, 11) is -9.84. The number of phosphoric ester groups is 2. The highest BCUT2D eigenvalue weighted by atomic mass is 31.2. The van der Waals surface area contributed by atoms with Gasteiger partial charge in [-0.15, -0.1) is 0 Å². The summed E-state index contributed by atoms with van der Waals surface area (Å²) < 4.78 is 61.3. The molecule has 628 valence electrons. The summed E-state index contributed by atoms with van der Waals surface area (Å²) in [6.07, 6.45) is 111. The Labute approximate surface area is 673 Å². The van der Waals surface area contributed by atoms with Crippen molar-refractivity contribution >= 4 is 33.6 Å². The van der Waals surface area contributed by atoms with Gasteiger partial charge in [-0.1, -0.05) is 324 Å². The molecule has 0 spiro atoms. The number of aliphatic hydroxyl groups is 2. The number of carbonyl (C=O) groups is 3. The maximum atomic E-state index is 13.0. The lowest BCUT2D eigenvalue weighted by Crippen LogP contribution is -2.30. The zero-order chi connectivity index (χ0) is 80.8. The van der Waals surface area contributed by atoms with E-state index in [9.17, 15) is 43.5 Å². The molecule has 0 aliphatic carbocycles. The number of allylic oxidation sites excluding steroid dienone is 34. The maximum absolute atomic E-state index is 13.0. The third-order valence-electron chi connectivity index (χ3n) is 17.0. The van der Waals surface area contributed by atoms with E-state index in [-0.39, 0.29) is 19.3 Å². The Balaban J connectivity index is 4.71. The van der Waals surface area contributed by atoms with E-state index in [2.05, 4.69) is 227 Å². The van der Waals surface area contributed by atoms with Gasteiger partial charge in [0.15, 0.2) is 6.10 Å². The molecule has 0 radical (unpaired) electrons. The first-order valence-corrected chi connectivity index (χ1v) is 45.4. The number of carbonyl (C=O) groups excluding carboxylic acids is 3. The van der Waals surface area contributed by atoms with E-state index in [1.54, 1.807) is 0 Å². The van der Waals surface area contributed by atoms with Gasteiger partial charge in [0.25, 0.3) is 0 Å². The van der Waals surface area contributed by atoms with Crippen LogP contribution in [-0.4, -0.2) is 95.9 Å². The van der Waals surface area contributed by atoms with Crippen molar-refractivity contribution in [2.75, 3.05) is 39.6 Å². The van der Waals surface area contributed by atoms with Crippen molar-refractivity contribution in [3.8, 4) is 0 Å². The summed E-state index contributed by atoms with van der Waals surface area (Å²) in [6, 6.07) is 0. The number of unbranched alkanes of at least 4 members (excludes halogenated alkanes) is 21. The number of phosphoric acid groups is 2. The predicted molar refractivity (Wildman–Crippen MR) is 463 cm³/mol. The molecule has 16 nitrogen and oxygen atoms in total. The molecule has 18 heteroatoms. The van der Waals surface area contributed by atoms with E-state index < -0.39 is 91.5 Å². The van der Waals surface area contributed by atoms with Crippen LogP contribution in [-0.2, 0) is 55.8 Å². The molecular formula is C93H150O16P2. The lowest BCUT2D eigenvalue weighted by Gasteiger charge is -2.21. The molecule has 0 aliphatic heterocycles. The van der Waals surface area contributed by atoms with Crippen LogP contribution in [0.15, 0.2) is 207 Å². The summed E-state index contributed by atoms with van der Waals surface area (Å²) in [5.74, 6) is -1.65. The lowest BCUT2D eigenvalue weighted by atomic mass is 10.0. The zero-order valence-electron chi connectivity index (χ0n) is 68.8. The topological polar surface area (TPSA) is 231 Å². The Bertz CT molecular complexity index is 2850. The minimum absolute atomic E-state index is 0.0595. The van der Waals surface area contributed by atoms with E-state index >= 15 is 0 Å². The van der Waals surface area contributed by atoms with E-state index in [1.165, 1.54) is 57.8 Å². The standard InChI is InChI=1S/C93H150O16P2/c1-4-7-10-13-16-19-22-25-28-31-34-37-40-41-42-43-44-45-48-50-52-55-58-61-64-67-70-73-76-79-91(96)103-82-88(94)83-105-110(99,100)106-84-89(95)85-107-111(101,102)108-87-90(109-93(98)81-78-75-72-69-66-63-60-57-54-51-47-39-36-33-30-27-24-21-18-15-12-9-6-3)86-104-92(97)80-77-74-71-68-65-62-59-56-53-49-46-38-35-32-29-26-23-20-17-14-11-8-5-2/h7-12,16-21,25-30,34-39,41-42,49,51,53-54,59-60,62-63,88-90,94-95H,4-6,13-15,22-24,31-33,40,43-48,50,52,55-58,61,64-87H2,1-3H3,(H,99,100)(H,101,102)/b10-7-,11-8-,12-9-,19-16-,20-17-,21-18-,28-25-,29-26-,30-27-,37-34-,38-35-,39-36-,42-41-,53-49-,54-51-,62-59-,63-60-. The maximum Gasteiger partial charge on any atom is 0.472 e. The lowest BCUT2D eigenvalue weighted by molar-refractivity contribution is -0.161. The average Bonchev–Trinajstić information content (AvgIpc) is 0.899. The van der Waals surface area contributed by atoms with Gasteiger partial charge in [-0.2, -0.15) is 0 Å². The molecular weight excluding hydrogens is 1430 g/mol. The highest BCUT2D eigenvalue weighted by Crippen LogP contribution is 2.45. The van der Waals surface area contributed by atoms with Crippen LogP contribution in [0, 0.1) is 0 Å². The molecule has 0 heterocycles. The van der Waals surface area contributed by atoms with Crippen LogP contribution >= 0.6 is 15.6 Å². The Morgan fingerprint density at radius 2 is 0.450 bits per heavy atom. The van der Waals surface area contributed by atoms with Crippen LogP contribution in [0.2, 0.25) is 0 Å². The molecule has 0 aromatic heterocycles. The molecule has 0 aromatic rings. The van der Waals surface area contributed by atoms with E-state index in [1.807, 2.05) is 0 Å². The van der Waals surface area contributed by atoms with Crippen LogP contribution < -0.4 is 0 Å². The Hall–Kier alpha value is -5.87. The molecule has 0 saturated carbocycles. The van der Waals surface area contributed by atoms with Gasteiger partial charge in [0.05, 0.1) is 26.4 Å². The van der Waals surface area contributed by atoms with Crippen LogP contribution in [0.3, 0.4) is 0 Å². The van der Waals surface area contributed by atoms with Crippen molar-refractivity contribution in [1.29, 1.82) is 0 Å². The van der Waals surface area contributed by atoms with Crippen molar-refractivity contribution in [3.05, 3.63) is 207 Å². The van der Waals surface area contributed by atoms with Crippen LogP contribution in [0.1, 0.15) is 303 Å². The Kier molecular flexibility index (Phi) is 79.1. The molecule has 5 atom stereocenters. The summed E-state index contributed by atoms with van der Waals surface area (Å²) in [5, 5.41) is 20.7. The fourth-order valence-electron chi connectivity index (χ4n) is 10.7. The molecule has 4 N–H and O–H groups in total. The summed E-state index contributed by atoms with van der Waals surface area (Å²) in [4.78, 5) is 58.9. The summed E-state index contributed by atoms with van der Waals surface area (Å²) in [6.45, 7) is 2.27. The molecule has 0 fully saturated rings. The first-order chi connectivity index (χ1) is 54.2. The van der Waals surface area contributed by atoms with Gasteiger partial charge in [0.1, 0.15) is 25.4 Å². The van der Waals surface area contributed by atoms with Gasteiger partial charge in [-0.25, -0.2) is 9.13 Å². The first kappa shape index (κ1) is 105. The second-order valence-electron chi connectivity index (χ2n) is 27.5. The molecule has 0 saturated heterocycles. The SMILES string of the molecule is CC/C=C\C/C=C\C/C=C\C/C=C\C/C=C\C/C=C\CCCCCCC(=O)OCC(COP(=O)(O)OCC(O)COP(=O)(O)OCC(O)COC(=O)CCCCCCCCCCCCCCC/C=C\C/C=C\C/C=C\C/C=C\C/C=C\CC)OC(=O)CCCCCC/C=C\C/C=C\C/C=C\C/C=C\C/C=C\C/C=C\CC. The summed E-state index contributed by atoms with van der Waals surface area (Å²) >= 11 is 0. The van der Waals surface area contributed by atoms with Crippen molar-refractivity contribution < 1.29 is 75.8 Å². The van der Waals surface area contributed by atoms with Gasteiger partial charge >= 0.3 is 33.6 Å². The highest BCUT2D eigenvalue weighted by molar-refractivity contribution is 7.47.